The Kier molecular flexibility index (Phi) is 4.56. The molecule has 0 spiro atoms. The first-order chi connectivity index (χ1) is 7.20. The van der Waals surface area contributed by atoms with E-state index in [-0.39, 0.29) is 18.4 Å². The zero-order chi connectivity index (χ0) is 10.8. The number of halogens is 1. The van der Waals surface area contributed by atoms with Crippen molar-refractivity contribution in [2.45, 2.75) is 33.2 Å². The van der Waals surface area contributed by atoms with Crippen molar-refractivity contribution in [3.63, 3.8) is 0 Å². The van der Waals surface area contributed by atoms with Gasteiger partial charge in [-0.2, -0.15) is 0 Å². The van der Waals surface area contributed by atoms with Crippen molar-refractivity contribution in [3.8, 4) is 0 Å². The molecule has 1 atom stereocenters. The number of thiophene rings is 1. The van der Waals surface area contributed by atoms with Gasteiger partial charge in [-0.25, -0.2) is 0 Å². The fraction of sp³-hybridized carbons (Fsp3) is 0.417. The van der Waals surface area contributed by atoms with Crippen LogP contribution in [0.1, 0.15) is 34.7 Å². The Balaban J connectivity index is 0.00000128. The zero-order valence-electron chi connectivity index (χ0n) is 9.78. The van der Waals surface area contributed by atoms with E-state index in [4.69, 9.17) is 0 Å². The fourth-order valence-electron chi connectivity index (χ4n) is 1.79. The average molecular weight is 257 g/mol. The van der Waals surface area contributed by atoms with Crippen molar-refractivity contribution >= 4 is 29.6 Å². The van der Waals surface area contributed by atoms with Crippen molar-refractivity contribution in [1.29, 1.82) is 0 Å². The molecule has 1 N–H and O–H groups in total. The Hall–Kier alpha value is -0.800. The minimum Gasteiger partial charge on any atom is -0.351 e. The molecular formula is C12H17ClN2S. The van der Waals surface area contributed by atoms with Crippen LogP contribution >= 0.6 is 23.7 Å². The number of nitrogens with one attached hydrogen (secondary N) is 1. The van der Waals surface area contributed by atoms with Crippen molar-refractivity contribution in [3.05, 3.63) is 33.7 Å². The zero-order valence-corrected chi connectivity index (χ0v) is 11.4. The van der Waals surface area contributed by atoms with Gasteiger partial charge in [-0.3, -0.25) is 4.99 Å². The highest BCUT2D eigenvalue weighted by Crippen LogP contribution is 2.30. The molecule has 0 radical (unpaired) electrons. The molecule has 1 aliphatic heterocycles. The summed E-state index contributed by atoms with van der Waals surface area (Å²) in [5, 5.41) is 3.17. The number of nitrogens with zero attached hydrogens (tertiary/aromatic N) is 1. The van der Waals surface area contributed by atoms with E-state index in [0.29, 0.717) is 0 Å². The molecule has 0 aromatic carbocycles. The van der Waals surface area contributed by atoms with Gasteiger partial charge in [-0.1, -0.05) is 6.92 Å². The summed E-state index contributed by atoms with van der Waals surface area (Å²) in [5.74, 6) is 1.07. The molecule has 16 heavy (non-hydrogen) atoms. The highest BCUT2D eigenvalue weighted by atomic mass is 35.5. The van der Waals surface area contributed by atoms with E-state index >= 15 is 0 Å². The van der Waals surface area contributed by atoms with Gasteiger partial charge >= 0.3 is 0 Å². The van der Waals surface area contributed by atoms with Crippen LogP contribution in [0.15, 0.2) is 23.3 Å². The first-order valence-corrected chi connectivity index (χ1v) is 6.09. The predicted molar refractivity (Wildman–Crippen MR) is 73.8 cm³/mol. The van der Waals surface area contributed by atoms with Gasteiger partial charge in [0.2, 0.25) is 0 Å². The van der Waals surface area contributed by atoms with Crippen LogP contribution in [0, 0.1) is 13.8 Å². The summed E-state index contributed by atoms with van der Waals surface area (Å²) in [6, 6.07) is 2.46. The number of aliphatic imine (C=N–C) groups is 1. The monoisotopic (exact) mass is 256 g/mol. The molecule has 1 unspecified atom stereocenters. The minimum atomic E-state index is 0. The molecule has 2 rings (SSSR count). The van der Waals surface area contributed by atoms with Crippen LogP contribution < -0.4 is 5.32 Å². The maximum atomic E-state index is 4.67. The molecule has 0 fully saturated rings. The average Bonchev–Trinajstić information content (AvgIpc) is 2.58. The van der Waals surface area contributed by atoms with E-state index in [9.17, 15) is 0 Å². The second kappa shape index (κ2) is 5.51. The van der Waals surface area contributed by atoms with Gasteiger partial charge in [-0.15, -0.1) is 23.7 Å². The lowest BCUT2D eigenvalue weighted by Crippen LogP contribution is -2.20. The highest BCUT2D eigenvalue weighted by molar-refractivity contribution is 7.12. The molecule has 1 aliphatic rings. The molecule has 0 amide bonds. The topological polar surface area (TPSA) is 24.4 Å². The van der Waals surface area contributed by atoms with Crippen LogP contribution in [-0.4, -0.2) is 5.84 Å². The molecule has 0 saturated carbocycles. The first kappa shape index (κ1) is 13.3. The number of rotatable bonds is 2. The Labute approximate surface area is 107 Å². The Morgan fingerprint density at radius 1 is 1.44 bits per heavy atom. The highest BCUT2D eigenvalue weighted by Gasteiger charge is 2.15. The van der Waals surface area contributed by atoms with Gasteiger partial charge in [-0.05, 0) is 31.6 Å². The third kappa shape index (κ3) is 2.66. The first-order valence-electron chi connectivity index (χ1n) is 5.27. The maximum Gasteiger partial charge on any atom is 0.101 e. The van der Waals surface area contributed by atoms with E-state index in [0.717, 1.165) is 12.3 Å². The summed E-state index contributed by atoms with van der Waals surface area (Å²) in [6.45, 7) is 6.44. The van der Waals surface area contributed by atoms with E-state index in [1.54, 1.807) is 0 Å². The third-order valence-corrected chi connectivity index (χ3v) is 3.54. The van der Waals surface area contributed by atoms with Crippen LogP contribution in [0.5, 0.6) is 0 Å². The molecule has 0 aliphatic carbocycles. The number of aryl methyl sites for hydroxylation is 2. The van der Waals surface area contributed by atoms with Crippen LogP contribution in [0.4, 0.5) is 0 Å². The Morgan fingerprint density at radius 2 is 2.19 bits per heavy atom. The smallest absolute Gasteiger partial charge is 0.101 e. The second-order valence-corrected chi connectivity index (χ2v) is 5.21. The lowest BCUT2D eigenvalue weighted by Gasteiger charge is -2.15. The van der Waals surface area contributed by atoms with E-state index < -0.39 is 0 Å². The largest absolute Gasteiger partial charge is 0.351 e. The molecule has 0 bridgehead atoms. The van der Waals surface area contributed by atoms with Crippen molar-refractivity contribution < 1.29 is 0 Å². The summed E-state index contributed by atoms with van der Waals surface area (Å²) in [6.07, 6.45) is 5.08. The number of hydrogen-bond donors (Lipinski definition) is 1. The molecule has 1 aromatic rings. The van der Waals surface area contributed by atoms with Crippen LogP contribution in [0.25, 0.3) is 0 Å². The van der Waals surface area contributed by atoms with Crippen LogP contribution in [0.2, 0.25) is 0 Å². The number of amidine groups is 1. The quantitative estimate of drug-likeness (QED) is 0.856. The van der Waals surface area contributed by atoms with Crippen molar-refractivity contribution in [2.75, 3.05) is 0 Å². The van der Waals surface area contributed by atoms with Crippen molar-refractivity contribution in [1.82, 2.24) is 5.32 Å². The molecule has 88 valence electrons. The summed E-state index contributed by atoms with van der Waals surface area (Å²) < 4.78 is 0. The number of hydrogen-bond acceptors (Lipinski definition) is 3. The molecule has 2 nitrogen and oxygen atoms in total. The maximum absolute atomic E-state index is 4.67. The van der Waals surface area contributed by atoms with Crippen LogP contribution in [-0.2, 0) is 0 Å². The lowest BCUT2D eigenvalue weighted by atomic mass is 10.1. The summed E-state index contributed by atoms with van der Waals surface area (Å²) >= 11 is 1.85. The Morgan fingerprint density at radius 3 is 2.75 bits per heavy atom. The van der Waals surface area contributed by atoms with Gasteiger partial charge in [0, 0.05) is 22.4 Å². The van der Waals surface area contributed by atoms with E-state index in [2.05, 4.69) is 43.2 Å². The van der Waals surface area contributed by atoms with Crippen molar-refractivity contribution in [2.24, 2.45) is 4.99 Å². The molecule has 0 saturated heterocycles. The third-order valence-electron chi connectivity index (χ3n) is 2.56. The minimum absolute atomic E-state index is 0. The van der Waals surface area contributed by atoms with Gasteiger partial charge < -0.3 is 5.32 Å². The predicted octanol–water partition coefficient (Wildman–Crippen LogP) is 3.75. The SMILES string of the molecule is CCC1=NC(c2cc(C)sc2C)C=CN1.Cl. The van der Waals surface area contributed by atoms with E-state index in [1.807, 2.05) is 17.5 Å². The molecule has 4 heteroatoms. The molecular weight excluding hydrogens is 240 g/mol. The lowest BCUT2D eigenvalue weighted by molar-refractivity contribution is 0.854. The standard InChI is InChI=1S/C12H16N2S.ClH/c1-4-12-13-6-5-11(14-12)10-7-8(2)15-9(10)3;/h5-7,11H,4H2,1-3H3,(H,13,14);1H. The van der Waals surface area contributed by atoms with E-state index in [1.165, 1.54) is 15.3 Å². The van der Waals surface area contributed by atoms with Gasteiger partial charge in [0.25, 0.3) is 0 Å². The molecule has 1 aromatic heterocycles. The van der Waals surface area contributed by atoms with Gasteiger partial charge in [0.05, 0.1) is 6.04 Å². The fourth-order valence-corrected chi connectivity index (χ4v) is 2.76. The normalized spacial score (nSPS) is 18.7. The van der Waals surface area contributed by atoms with Gasteiger partial charge in [0.1, 0.15) is 5.84 Å². The summed E-state index contributed by atoms with van der Waals surface area (Å²) in [5.41, 5.74) is 1.35. The van der Waals surface area contributed by atoms with Crippen LogP contribution in [0.3, 0.4) is 0 Å². The molecule has 2 heterocycles. The summed E-state index contributed by atoms with van der Waals surface area (Å²) in [4.78, 5) is 7.41. The Bertz CT molecular complexity index is 421. The van der Waals surface area contributed by atoms with Gasteiger partial charge in [0.15, 0.2) is 0 Å². The second-order valence-electron chi connectivity index (χ2n) is 3.75. The summed E-state index contributed by atoms with van der Waals surface area (Å²) in [7, 11) is 0.